The van der Waals surface area contributed by atoms with Gasteiger partial charge in [-0.15, -0.1) is 0 Å². The number of nitrogens with one attached hydrogen (secondary N) is 1. The molecule has 11 nitrogen and oxygen atoms in total. The molecule has 12 heteroatoms. The van der Waals surface area contributed by atoms with Gasteiger partial charge >= 0.3 is 0 Å². The van der Waals surface area contributed by atoms with E-state index in [4.69, 9.17) is 14.2 Å². The zero-order chi connectivity index (χ0) is 36.8. The number of benzene rings is 3. The number of methoxy groups -OCH3 is 2. The number of carbonyl (C=O) groups is 3. The van der Waals surface area contributed by atoms with Crippen LogP contribution in [-0.4, -0.2) is 95.0 Å². The number of aliphatic hydroxyl groups excluding tert-OH is 1. The summed E-state index contributed by atoms with van der Waals surface area (Å²) in [7, 11) is 0.797. The molecule has 0 radical (unpaired) electrons. The molecule has 7 rings (SSSR count). The summed E-state index contributed by atoms with van der Waals surface area (Å²) in [6, 6.07) is 21.5. The number of rotatable bonds is 10. The van der Waals surface area contributed by atoms with Crippen molar-refractivity contribution >= 4 is 42.4 Å². The highest BCUT2D eigenvalue weighted by Crippen LogP contribution is 2.60. The second kappa shape index (κ2) is 14.3. The fourth-order valence-electron chi connectivity index (χ4n) is 9.26. The van der Waals surface area contributed by atoms with Gasteiger partial charge in [0.1, 0.15) is 11.5 Å². The highest BCUT2D eigenvalue weighted by molar-refractivity contribution is 6.91. The summed E-state index contributed by atoms with van der Waals surface area (Å²) in [6.45, 7) is 9.23. The zero-order valence-corrected chi connectivity index (χ0v) is 31.8. The van der Waals surface area contributed by atoms with Crippen LogP contribution in [0.3, 0.4) is 0 Å². The van der Waals surface area contributed by atoms with E-state index in [9.17, 15) is 14.7 Å². The maximum absolute atomic E-state index is 15.2. The molecule has 0 aromatic heterocycles. The number of nitrogens with zero attached hydrogens (tertiary/aromatic N) is 3. The van der Waals surface area contributed by atoms with Crippen molar-refractivity contribution in [1.82, 2.24) is 10.2 Å². The van der Waals surface area contributed by atoms with Crippen molar-refractivity contribution < 1.29 is 33.7 Å². The third kappa shape index (κ3) is 6.09. The number of piperazine rings is 1. The molecule has 4 aliphatic heterocycles. The first kappa shape index (κ1) is 36.1. The molecule has 3 saturated heterocycles. The number of hydrogen-bond donors (Lipinski definition) is 2. The van der Waals surface area contributed by atoms with Gasteiger partial charge < -0.3 is 39.3 Å². The maximum atomic E-state index is 15.2. The Morgan fingerprint density at radius 3 is 2.38 bits per heavy atom. The fraction of sp³-hybridized carbons (Fsp3) is 0.475. The number of fused-ring (bicyclic) bond motifs is 2. The molecular weight excluding hydrogens is 677 g/mol. The number of hydrogen-bond acceptors (Lipinski definition) is 8. The van der Waals surface area contributed by atoms with E-state index < -0.39 is 19.8 Å². The van der Waals surface area contributed by atoms with Gasteiger partial charge in [-0.2, -0.15) is 0 Å². The van der Waals surface area contributed by atoms with E-state index >= 15 is 4.79 Å². The summed E-state index contributed by atoms with van der Waals surface area (Å²) >= 11 is 0. The average Bonchev–Trinajstić information content (AvgIpc) is 3.82. The fourth-order valence-corrected chi connectivity index (χ4v) is 13.3. The minimum absolute atomic E-state index is 0.0335. The quantitative estimate of drug-likeness (QED) is 0.303. The van der Waals surface area contributed by atoms with E-state index in [1.165, 1.54) is 5.19 Å². The smallest absolute Gasteiger partial charge is 0.264 e. The van der Waals surface area contributed by atoms with Crippen LogP contribution < -0.4 is 29.8 Å². The van der Waals surface area contributed by atoms with Crippen LogP contribution in [0.1, 0.15) is 37.3 Å². The number of carbonyl (C=O) groups excluding carboxylic acids is 3. The number of aliphatic hydroxyl groups is 1. The van der Waals surface area contributed by atoms with E-state index in [1.54, 1.807) is 24.0 Å². The van der Waals surface area contributed by atoms with Gasteiger partial charge in [-0.25, -0.2) is 0 Å². The molecule has 3 aromatic rings. The Bertz CT molecular complexity index is 1820. The van der Waals surface area contributed by atoms with Crippen molar-refractivity contribution in [3.8, 4) is 11.5 Å². The molecule has 1 spiro atoms. The zero-order valence-electron chi connectivity index (χ0n) is 30.8. The van der Waals surface area contributed by atoms with Gasteiger partial charge in [0.2, 0.25) is 11.8 Å². The molecule has 3 fully saturated rings. The minimum atomic E-state index is -2.47. The van der Waals surface area contributed by atoms with Gasteiger partial charge in [-0.3, -0.25) is 14.4 Å². The van der Waals surface area contributed by atoms with Crippen LogP contribution in [0.25, 0.3) is 0 Å². The SMILES string of the molecule is COc1ccc([Si](C)(C)[C@@H]2[C@@H](CC(=O)N3CCC[C@H]3CO)O[C@]3(C(=O)N(Cc4ccc(N5CCNCC5=O)cc4)c4ccc(OC)cc43)[C@H]2C)cc1. The molecule has 4 aliphatic rings. The third-order valence-corrected chi connectivity index (χ3v) is 16.4. The molecule has 0 saturated carbocycles. The Morgan fingerprint density at radius 2 is 1.71 bits per heavy atom. The second-order valence-corrected chi connectivity index (χ2v) is 19.8. The second-order valence-electron chi connectivity index (χ2n) is 15.1. The van der Waals surface area contributed by atoms with Crippen LogP contribution in [0, 0.1) is 5.92 Å². The Kier molecular flexibility index (Phi) is 9.94. The molecular formula is C40H50N4O7Si. The highest BCUT2D eigenvalue weighted by Gasteiger charge is 2.66. The van der Waals surface area contributed by atoms with E-state index in [-0.39, 0.29) is 48.3 Å². The summed E-state index contributed by atoms with van der Waals surface area (Å²) < 4.78 is 18.4. The monoisotopic (exact) mass is 726 g/mol. The lowest BCUT2D eigenvalue weighted by Crippen LogP contribution is -2.52. The summed E-state index contributed by atoms with van der Waals surface area (Å²) in [6.07, 6.45) is 1.21. The van der Waals surface area contributed by atoms with E-state index in [1.807, 2.05) is 59.5 Å². The maximum Gasteiger partial charge on any atom is 0.264 e. The van der Waals surface area contributed by atoms with Crippen molar-refractivity contribution in [1.29, 1.82) is 0 Å². The van der Waals surface area contributed by atoms with Crippen LogP contribution >= 0.6 is 0 Å². The molecule has 276 valence electrons. The molecule has 5 atom stereocenters. The van der Waals surface area contributed by atoms with Crippen LogP contribution in [-0.2, 0) is 31.3 Å². The van der Waals surface area contributed by atoms with Gasteiger partial charge in [-0.1, -0.05) is 49.5 Å². The predicted octanol–water partition coefficient (Wildman–Crippen LogP) is 3.78. The van der Waals surface area contributed by atoms with Crippen LogP contribution in [0.15, 0.2) is 66.7 Å². The number of ether oxygens (including phenoxy) is 3. The molecule has 0 bridgehead atoms. The summed E-state index contributed by atoms with van der Waals surface area (Å²) in [5.41, 5.74) is 1.81. The van der Waals surface area contributed by atoms with Crippen LogP contribution in [0.4, 0.5) is 11.4 Å². The van der Waals surface area contributed by atoms with E-state index in [2.05, 4.69) is 37.5 Å². The Hall–Kier alpha value is -4.23. The summed E-state index contributed by atoms with van der Waals surface area (Å²) in [5.74, 6) is 0.938. The Labute approximate surface area is 306 Å². The van der Waals surface area contributed by atoms with E-state index in [0.29, 0.717) is 31.9 Å². The van der Waals surface area contributed by atoms with Gasteiger partial charge in [-0.05, 0) is 66.4 Å². The van der Waals surface area contributed by atoms with Crippen molar-refractivity contribution in [3.05, 3.63) is 77.9 Å². The first-order chi connectivity index (χ1) is 25.0. The summed E-state index contributed by atoms with van der Waals surface area (Å²) in [5, 5.41) is 14.4. The van der Waals surface area contributed by atoms with Crippen molar-refractivity contribution in [2.45, 2.75) is 69.1 Å². The highest BCUT2D eigenvalue weighted by atomic mass is 28.3. The first-order valence-corrected chi connectivity index (χ1v) is 21.4. The summed E-state index contributed by atoms with van der Waals surface area (Å²) in [4.78, 5) is 47.2. The van der Waals surface area contributed by atoms with Crippen molar-refractivity contribution in [3.63, 3.8) is 0 Å². The molecule has 3 amide bonds. The van der Waals surface area contributed by atoms with E-state index in [0.717, 1.165) is 47.6 Å². The van der Waals surface area contributed by atoms with Gasteiger partial charge in [0.05, 0.1) is 66.2 Å². The number of likely N-dealkylation sites (tertiary alicyclic amines) is 1. The third-order valence-electron chi connectivity index (χ3n) is 12.0. The first-order valence-electron chi connectivity index (χ1n) is 18.4. The van der Waals surface area contributed by atoms with Crippen molar-refractivity contribution in [2.75, 3.05) is 56.8 Å². The normalized spacial score (nSPS) is 26.0. The number of amides is 3. The topological polar surface area (TPSA) is 121 Å². The molecule has 2 N–H and O–H groups in total. The predicted molar refractivity (Wildman–Crippen MR) is 202 cm³/mol. The lowest BCUT2D eigenvalue weighted by atomic mass is 9.82. The Morgan fingerprint density at radius 1 is 1.00 bits per heavy atom. The molecule has 0 unspecified atom stereocenters. The lowest BCUT2D eigenvalue weighted by Gasteiger charge is -2.37. The molecule has 3 aromatic carbocycles. The van der Waals surface area contributed by atoms with Crippen molar-refractivity contribution in [2.24, 2.45) is 5.92 Å². The molecule has 52 heavy (non-hydrogen) atoms. The Balaban J connectivity index is 1.27. The minimum Gasteiger partial charge on any atom is -0.497 e. The van der Waals surface area contributed by atoms with Gasteiger partial charge in [0.15, 0.2) is 5.60 Å². The van der Waals surface area contributed by atoms with Crippen LogP contribution in [0.2, 0.25) is 18.6 Å². The average molecular weight is 727 g/mol. The van der Waals surface area contributed by atoms with Crippen LogP contribution in [0.5, 0.6) is 11.5 Å². The lowest BCUT2D eigenvalue weighted by molar-refractivity contribution is -0.150. The number of anilines is 2. The van der Waals surface area contributed by atoms with Gasteiger partial charge in [0.25, 0.3) is 5.91 Å². The molecule has 0 aliphatic carbocycles. The largest absolute Gasteiger partial charge is 0.497 e. The standard InChI is InChI=1S/C40H50N4O7Si/c1-26-38(52(4,5)32-15-12-30(49-2)13-16-32)35(22-36(46)42-19-6-7-29(42)25-45)51-40(26)33-21-31(50-3)14-17-34(33)44(39(40)48)24-27-8-10-28(11-9-27)43-20-18-41-23-37(43)47/h8-17,21,26,29,35,38,41,45H,6-7,18-20,22-25H2,1-5H3/t26-,29-,35+,38-,40+/m0/s1. The molecule has 4 heterocycles. The van der Waals surface area contributed by atoms with Gasteiger partial charge in [0, 0.05) is 36.8 Å².